The summed E-state index contributed by atoms with van der Waals surface area (Å²) in [5.41, 5.74) is 7.29. The molecule has 5 N–H and O–H groups in total. The molecule has 1 fully saturated rings. The number of phenols is 1. The fraction of sp³-hybridized carbons (Fsp3) is 0.400. The van der Waals surface area contributed by atoms with E-state index in [1.54, 1.807) is 24.3 Å². The lowest BCUT2D eigenvalue weighted by molar-refractivity contribution is -0.120. The summed E-state index contributed by atoms with van der Waals surface area (Å²) in [6, 6.07) is 7.57. The van der Waals surface area contributed by atoms with Crippen molar-refractivity contribution in [2.75, 3.05) is 11.9 Å². The maximum Gasteiger partial charge on any atom is 0.342 e. The summed E-state index contributed by atoms with van der Waals surface area (Å²) in [5, 5.41) is 24.0. The number of hydrogen-bond donors (Lipinski definition) is 4. The number of hydrogen-bond acceptors (Lipinski definition) is 6. The van der Waals surface area contributed by atoms with Crippen LogP contribution in [-0.2, 0) is 4.79 Å². The number of nitrogens with one attached hydrogen (secondary N) is 2. The Bertz CT molecular complexity index is 1200. The van der Waals surface area contributed by atoms with Crippen LogP contribution in [0.5, 0.6) is 5.75 Å². The number of aromatic nitrogens is 4. The smallest absolute Gasteiger partial charge is 0.342 e. The number of amides is 3. The van der Waals surface area contributed by atoms with E-state index in [0.717, 1.165) is 36.1 Å². The van der Waals surface area contributed by atoms with Gasteiger partial charge in [-0.15, -0.1) is 0 Å². The third kappa shape index (κ3) is 6.49. The molecule has 1 saturated carbocycles. The normalized spacial score (nSPS) is 12.6. The number of nitrogens with zero attached hydrogens (tertiary/aromatic N) is 4. The Morgan fingerprint density at radius 3 is 2.42 bits per heavy atom. The summed E-state index contributed by atoms with van der Waals surface area (Å²) >= 11 is 0. The van der Waals surface area contributed by atoms with Crippen molar-refractivity contribution in [1.29, 1.82) is 0 Å². The minimum absolute atomic E-state index is 0.0341. The van der Waals surface area contributed by atoms with Crippen LogP contribution in [0, 0.1) is 5.92 Å². The summed E-state index contributed by atoms with van der Waals surface area (Å²) in [6.07, 6.45) is 6.58. The van der Waals surface area contributed by atoms with E-state index in [2.05, 4.69) is 20.8 Å². The fourth-order valence-corrected chi connectivity index (χ4v) is 3.71. The highest BCUT2D eigenvalue weighted by Gasteiger charge is 2.30. The molecule has 36 heavy (non-hydrogen) atoms. The van der Waals surface area contributed by atoms with E-state index in [1.807, 2.05) is 26.8 Å². The van der Waals surface area contributed by atoms with Crippen molar-refractivity contribution in [3.8, 4) is 17.0 Å². The standard InChI is InChI=1S/C21H28N4O3.C4H5N3O/c1-4-13(5-2)20(27)23-15-9-10-19(26)16(11-15)17-12-18(14-7-8-14)25(24-17)21(28)22-6-3;5-4(8)7-3-1-2-6-7/h9-14,26H,4-8H2,1-3H3,(H,22,28)(H,23,27);1-3H,(H2,5,8). The predicted octanol–water partition coefficient (Wildman–Crippen LogP) is 3.90. The second kappa shape index (κ2) is 12.0. The molecule has 0 radical (unpaired) electrons. The van der Waals surface area contributed by atoms with Crippen LogP contribution in [0.1, 0.15) is 58.1 Å². The number of aromatic hydroxyl groups is 1. The minimum atomic E-state index is -0.560. The van der Waals surface area contributed by atoms with E-state index in [1.165, 1.54) is 17.1 Å². The number of carbonyl (C=O) groups excluding carboxylic acids is 3. The Kier molecular flexibility index (Phi) is 8.82. The number of primary amides is 1. The first-order chi connectivity index (χ1) is 17.3. The maximum atomic E-state index is 12.4. The third-order valence-corrected chi connectivity index (χ3v) is 5.88. The van der Waals surface area contributed by atoms with E-state index in [-0.39, 0.29) is 23.6 Å². The lowest BCUT2D eigenvalue weighted by Crippen LogP contribution is -2.30. The van der Waals surface area contributed by atoms with Gasteiger partial charge in [-0.3, -0.25) is 4.79 Å². The molecule has 2 aromatic heterocycles. The van der Waals surface area contributed by atoms with Crippen LogP contribution in [0.15, 0.2) is 42.7 Å². The van der Waals surface area contributed by atoms with Crippen LogP contribution in [0.25, 0.3) is 11.3 Å². The monoisotopic (exact) mass is 495 g/mol. The van der Waals surface area contributed by atoms with Crippen molar-refractivity contribution in [1.82, 2.24) is 24.9 Å². The highest BCUT2D eigenvalue weighted by molar-refractivity contribution is 5.93. The highest BCUT2D eigenvalue weighted by Crippen LogP contribution is 2.42. The minimum Gasteiger partial charge on any atom is -0.507 e. The molecule has 0 saturated heterocycles. The van der Waals surface area contributed by atoms with Gasteiger partial charge in [0.05, 0.1) is 11.4 Å². The molecule has 3 amide bonds. The molecule has 192 valence electrons. The van der Waals surface area contributed by atoms with Gasteiger partial charge in [-0.05, 0) is 62.9 Å². The molecule has 2 heterocycles. The largest absolute Gasteiger partial charge is 0.507 e. The quantitative estimate of drug-likeness (QED) is 0.364. The fourth-order valence-electron chi connectivity index (χ4n) is 3.71. The van der Waals surface area contributed by atoms with Crippen molar-refractivity contribution in [3.05, 3.63) is 48.4 Å². The van der Waals surface area contributed by atoms with Gasteiger partial charge in [-0.25, -0.2) is 9.59 Å². The highest BCUT2D eigenvalue weighted by atomic mass is 16.3. The van der Waals surface area contributed by atoms with Gasteiger partial charge in [0.1, 0.15) is 5.75 Å². The van der Waals surface area contributed by atoms with Gasteiger partial charge in [-0.2, -0.15) is 19.6 Å². The Balaban J connectivity index is 0.000000383. The van der Waals surface area contributed by atoms with Gasteiger partial charge in [0.2, 0.25) is 5.91 Å². The summed E-state index contributed by atoms with van der Waals surface area (Å²) in [4.78, 5) is 34.9. The van der Waals surface area contributed by atoms with Gasteiger partial charge in [0, 0.05) is 42.0 Å². The molecule has 11 heteroatoms. The van der Waals surface area contributed by atoms with Gasteiger partial charge in [-0.1, -0.05) is 13.8 Å². The number of nitrogens with two attached hydrogens (primary N) is 1. The summed E-state index contributed by atoms with van der Waals surface area (Å²) in [6.45, 7) is 6.35. The first-order valence-electron chi connectivity index (χ1n) is 12.1. The second-order valence-electron chi connectivity index (χ2n) is 8.50. The molecular weight excluding hydrogens is 462 g/mol. The number of anilines is 1. The van der Waals surface area contributed by atoms with Crippen LogP contribution in [0.2, 0.25) is 0 Å². The molecular formula is C25H33N7O4. The van der Waals surface area contributed by atoms with Crippen LogP contribution in [0.4, 0.5) is 15.3 Å². The molecule has 0 unspecified atom stereocenters. The molecule has 1 aliphatic carbocycles. The first kappa shape index (κ1) is 26.5. The summed E-state index contributed by atoms with van der Waals surface area (Å²) in [7, 11) is 0. The average molecular weight is 496 g/mol. The number of phenolic OH excluding ortho intramolecular Hbond substituents is 1. The topological polar surface area (TPSA) is 157 Å². The molecule has 0 spiro atoms. The zero-order chi connectivity index (χ0) is 26.2. The lowest BCUT2D eigenvalue weighted by Gasteiger charge is -2.13. The lowest BCUT2D eigenvalue weighted by atomic mass is 10.0. The first-order valence-corrected chi connectivity index (χ1v) is 12.1. The molecule has 11 nitrogen and oxygen atoms in total. The van der Waals surface area contributed by atoms with E-state index >= 15 is 0 Å². The molecule has 0 atom stereocenters. The van der Waals surface area contributed by atoms with E-state index in [9.17, 15) is 19.5 Å². The molecule has 0 bridgehead atoms. The van der Waals surface area contributed by atoms with Crippen molar-refractivity contribution in [3.63, 3.8) is 0 Å². The zero-order valence-corrected chi connectivity index (χ0v) is 20.8. The van der Waals surface area contributed by atoms with Gasteiger partial charge < -0.3 is 21.5 Å². The Hall–Kier alpha value is -4.15. The molecule has 4 rings (SSSR count). The van der Waals surface area contributed by atoms with Crippen molar-refractivity contribution < 1.29 is 19.5 Å². The molecule has 3 aromatic rings. The second-order valence-corrected chi connectivity index (χ2v) is 8.50. The molecule has 1 aromatic carbocycles. The van der Waals surface area contributed by atoms with E-state index in [0.29, 0.717) is 29.4 Å². The Labute approximate surface area is 209 Å². The van der Waals surface area contributed by atoms with Gasteiger partial charge >= 0.3 is 12.1 Å². The Morgan fingerprint density at radius 2 is 1.89 bits per heavy atom. The number of benzene rings is 1. The van der Waals surface area contributed by atoms with Crippen molar-refractivity contribution >= 4 is 23.7 Å². The zero-order valence-electron chi connectivity index (χ0n) is 20.8. The maximum absolute atomic E-state index is 12.4. The third-order valence-electron chi connectivity index (χ3n) is 5.88. The van der Waals surface area contributed by atoms with Crippen LogP contribution >= 0.6 is 0 Å². The van der Waals surface area contributed by atoms with E-state index < -0.39 is 6.03 Å². The van der Waals surface area contributed by atoms with E-state index in [4.69, 9.17) is 5.73 Å². The van der Waals surface area contributed by atoms with Crippen molar-refractivity contribution in [2.24, 2.45) is 11.7 Å². The van der Waals surface area contributed by atoms with Crippen molar-refractivity contribution in [2.45, 2.75) is 52.4 Å². The number of carbonyl (C=O) groups is 3. The average Bonchev–Trinajstić information content (AvgIpc) is 3.36. The Morgan fingerprint density at radius 1 is 1.17 bits per heavy atom. The van der Waals surface area contributed by atoms with Gasteiger partial charge in [0.25, 0.3) is 0 Å². The summed E-state index contributed by atoms with van der Waals surface area (Å²) < 4.78 is 2.45. The van der Waals surface area contributed by atoms with Crippen LogP contribution < -0.4 is 16.4 Å². The van der Waals surface area contributed by atoms with Crippen LogP contribution in [-0.4, -0.2) is 49.2 Å². The molecule has 0 aliphatic heterocycles. The molecule has 1 aliphatic rings. The van der Waals surface area contributed by atoms with Gasteiger partial charge in [0.15, 0.2) is 0 Å². The van der Waals surface area contributed by atoms with Crippen LogP contribution in [0.3, 0.4) is 0 Å². The predicted molar refractivity (Wildman–Crippen MR) is 136 cm³/mol. The summed E-state index contributed by atoms with van der Waals surface area (Å²) in [5.74, 6) is 0.302. The SMILES string of the molecule is CCNC(=O)n1nc(-c2cc(NC(=O)C(CC)CC)ccc2O)cc1C1CC1.NC(=O)n1cccn1. The number of rotatable bonds is 7.